The number of carboxylic acid groups (broad SMARTS) is 1. The third kappa shape index (κ3) is 3.50. The van der Waals surface area contributed by atoms with Gasteiger partial charge in [-0.3, -0.25) is 4.79 Å². The first kappa shape index (κ1) is 25.7. The van der Waals surface area contributed by atoms with Crippen molar-refractivity contribution in [2.45, 2.75) is 106 Å². The summed E-state index contributed by atoms with van der Waals surface area (Å²) < 4.78 is 0. The van der Waals surface area contributed by atoms with Crippen LogP contribution in [0.2, 0.25) is 0 Å². The van der Waals surface area contributed by atoms with Crippen molar-refractivity contribution in [1.29, 1.82) is 0 Å². The zero-order valence-corrected chi connectivity index (χ0v) is 22.3. The molecule has 0 aromatic rings. The highest BCUT2D eigenvalue weighted by atomic mass is 16.4. The Morgan fingerprint density at radius 1 is 1.12 bits per heavy atom. The molecular weight excluding hydrogens is 424 g/mol. The van der Waals surface area contributed by atoms with E-state index in [9.17, 15) is 20.1 Å². The zero-order valence-electron chi connectivity index (χ0n) is 22.3. The van der Waals surface area contributed by atoms with Gasteiger partial charge in [0, 0.05) is 11.3 Å². The molecule has 1 unspecified atom stereocenters. The molecule has 0 bridgehead atoms. The van der Waals surface area contributed by atoms with Gasteiger partial charge in [-0.1, -0.05) is 58.4 Å². The van der Waals surface area contributed by atoms with Gasteiger partial charge in [-0.15, -0.1) is 0 Å². The summed E-state index contributed by atoms with van der Waals surface area (Å²) in [6, 6.07) is 0. The Bertz CT molecular complexity index is 937. The molecule has 2 saturated carbocycles. The van der Waals surface area contributed by atoms with Crippen LogP contribution >= 0.6 is 0 Å². The number of allylic oxidation sites excluding steroid dienone is 6. The van der Waals surface area contributed by atoms with E-state index in [1.54, 1.807) is 0 Å². The molecule has 34 heavy (non-hydrogen) atoms. The van der Waals surface area contributed by atoms with Crippen LogP contribution in [0.5, 0.6) is 0 Å². The normalized spacial score (nSPS) is 43.6. The van der Waals surface area contributed by atoms with Gasteiger partial charge >= 0.3 is 5.97 Å². The first-order chi connectivity index (χ1) is 15.7. The average Bonchev–Trinajstić information content (AvgIpc) is 2.94. The number of hydrogen-bond donors (Lipinski definition) is 3. The number of rotatable bonds is 5. The van der Waals surface area contributed by atoms with Gasteiger partial charge in [0.15, 0.2) is 0 Å². The standard InChI is InChI=1S/C30H46O4/c1-18(2)9-8-10-19(26(33)34)25-22(31)17-30(7)21-11-12-23-27(3,4)24(32)14-15-28(23,5)20(21)13-16-29(25,30)6/h9,11,13,19,22-25,31-32H,8,10,12,14-17H2,1-7H3,(H,33,34)/t19-,22-,23?,24-,25+,28-,29-,30+/m1/s1. The molecule has 3 N–H and O–H groups in total. The molecule has 4 rings (SSSR count). The van der Waals surface area contributed by atoms with Crippen LogP contribution < -0.4 is 0 Å². The smallest absolute Gasteiger partial charge is 0.306 e. The van der Waals surface area contributed by atoms with Crippen molar-refractivity contribution in [3.8, 4) is 0 Å². The van der Waals surface area contributed by atoms with Gasteiger partial charge in [0.1, 0.15) is 0 Å². The van der Waals surface area contributed by atoms with E-state index in [2.05, 4.69) is 52.8 Å². The van der Waals surface area contributed by atoms with E-state index < -0.39 is 18.0 Å². The predicted molar refractivity (Wildman–Crippen MR) is 136 cm³/mol. The van der Waals surface area contributed by atoms with Crippen molar-refractivity contribution in [1.82, 2.24) is 0 Å². The average molecular weight is 471 g/mol. The highest BCUT2D eigenvalue weighted by molar-refractivity contribution is 5.71. The third-order valence-electron chi connectivity index (χ3n) is 11.1. The number of fused-ring (bicyclic) bond motifs is 5. The first-order valence-electron chi connectivity index (χ1n) is 13.3. The lowest BCUT2D eigenvalue weighted by Gasteiger charge is -2.61. The van der Waals surface area contributed by atoms with Gasteiger partial charge in [-0.2, -0.15) is 0 Å². The van der Waals surface area contributed by atoms with Crippen LogP contribution in [0.4, 0.5) is 0 Å². The summed E-state index contributed by atoms with van der Waals surface area (Å²) in [5, 5.41) is 32.4. The van der Waals surface area contributed by atoms with Crippen molar-refractivity contribution >= 4 is 5.97 Å². The van der Waals surface area contributed by atoms with E-state index in [1.165, 1.54) is 16.7 Å². The molecule has 0 spiro atoms. The molecule has 4 aliphatic rings. The highest BCUT2D eigenvalue weighted by Gasteiger charge is 2.66. The number of aliphatic carboxylic acids is 1. The van der Waals surface area contributed by atoms with Gasteiger partial charge in [0.25, 0.3) is 0 Å². The van der Waals surface area contributed by atoms with Gasteiger partial charge < -0.3 is 15.3 Å². The van der Waals surface area contributed by atoms with E-state index in [0.29, 0.717) is 18.8 Å². The lowest BCUT2D eigenvalue weighted by Crippen LogP contribution is -2.54. The second-order valence-electron chi connectivity index (χ2n) is 13.4. The first-order valence-corrected chi connectivity index (χ1v) is 13.3. The third-order valence-corrected chi connectivity index (χ3v) is 11.1. The summed E-state index contributed by atoms with van der Waals surface area (Å²) in [6.45, 7) is 15.4. The Morgan fingerprint density at radius 3 is 2.41 bits per heavy atom. The fraction of sp³-hybridized carbons (Fsp3) is 0.767. The van der Waals surface area contributed by atoms with Gasteiger partial charge in [-0.25, -0.2) is 0 Å². The maximum absolute atomic E-state index is 12.5. The fourth-order valence-electron chi connectivity index (χ4n) is 8.83. The van der Waals surface area contributed by atoms with Crippen molar-refractivity contribution < 1.29 is 20.1 Å². The summed E-state index contributed by atoms with van der Waals surface area (Å²) in [6.07, 6.45) is 11.4. The van der Waals surface area contributed by atoms with Gasteiger partial charge in [0.2, 0.25) is 0 Å². The Labute approximate surface area is 206 Å². The van der Waals surface area contributed by atoms with Crippen LogP contribution in [-0.2, 0) is 4.79 Å². The fourth-order valence-corrected chi connectivity index (χ4v) is 8.83. The molecule has 0 aliphatic heterocycles. The number of carboxylic acids is 1. The summed E-state index contributed by atoms with van der Waals surface area (Å²) in [5.41, 5.74) is 3.27. The summed E-state index contributed by atoms with van der Waals surface area (Å²) in [4.78, 5) is 12.5. The van der Waals surface area contributed by atoms with Crippen LogP contribution in [0, 0.1) is 39.4 Å². The van der Waals surface area contributed by atoms with E-state index in [-0.39, 0.29) is 33.7 Å². The second-order valence-corrected chi connectivity index (χ2v) is 13.4. The molecule has 0 heterocycles. The van der Waals surface area contributed by atoms with Crippen LogP contribution in [0.1, 0.15) is 93.4 Å². The largest absolute Gasteiger partial charge is 0.481 e. The molecule has 2 fully saturated rings. The Balaban J connectivity index is 1.74. The van der Waals surface area contributed by atoms with Crippen molar-refractivity contribution in [3.05, 3.63) is 34.9 Å². The molecule has 4 nitrogen and oxygen atoms in total. The highest BCUT2D eigenvalue weighted by Crippen LogP contribution is 2.71. The summed E-state index contributed by atoms with van der Waals surface area (Å²) in [5.74, 6) is -1.22. The number of aliphatic hydroxyl groups excluding tert-OH is 2. The Hall–Kier alpha value is -1.39. The minimum Gasteiger partial charge on any atom is -0.481 e. The molecule has 0 saturated heterocycles. The van der Waals surface area contributed by atoms with Crippen LogP contribution in [0.3, 0.4) is 0 Å². The molecule has 4 heteroatoms. The Morgan fingerprint density at radius 2 is 1.79 bits per heavy atom. The zero-order chi connectivity index (χ0) is 25.3. The number of carbonyl (C=O) groups is 1. The molecule has 0 amide bonds. The minimum atomic E-state index is -0.779. The van der Waals surface area contributed by atoms with Crippen LogP contribution in [0.25, 0.3) is 0 Å². The predicted octanol–water partition coefficient (Wildman–Crippen LogP) is 6.29. The SMILES string of the molecule is CC(C)=CCC[C@@H](C(=O)O)[C@H]1[C@H](O)C[C@@]2(C)C3=CCC4C(C)(C)[C@H](O)CC[C@]4(C)C3=CC[C@]12C. The number of hydrogen-bond acceptors (Lipinski definition) is 3. The lowest BCUT2D eigenvalue weighted by atomic mass is 9.44. The van der Waals surface area contributed by atoms with E-state index in [4.69, 9.17) is 0 Å². The van der Waals surface area contributed by atoms with Gasteiger partial charge in [-0.05, 0) is 92.1 Å². The van der Waals surface area contributed by atoms with Crippen LogP contribution in [0.15, 0.2) is 34.9 Å². The maximum atomic E-state index is 12.5. The van der Waals surface area contributed by atoms with E-state index in [1.807, 2.05) is 13.8 Å². The summed E-state index contributed by atoms with van der Waals surface area (Å²) in [7, 11) is 0. The van der Waals surface area contributed by atoms with E-state index >= 15 is 0 Å². The molecule has 0 aromatic carbocycles. The molecule has 0 radical (unpaired) electrons. The van der Waals surface area contributed by atoms with Crippen molar-refractivity contribution in [2.75, 3.05) is 0 Å². The van der Waals surface area contributed by atoms with Crippen molar-refractivity contribution in [3.63, 3.8) is 0 Å². The topological polar surface area (TPSA) is 77.8 Å². The molecule has 8 atom stereocenters. The van der Waals surface area contributed by atoms with E-state index in [0.717, 1.165) is 32.1 Å². The lowest BCUT2D eigenvalue weighted by molar-refractivity contribution is -0.148. The molecule has 190 valence electrons. The molecular formula is C30H46O4. The monoisotopic (exact) mass is 470 g/mol. The summed E-state index contributed by atoms with van der Waals surface area (Å²) >= 11 is 0. The number of aliphatic hydroxyl groups is 2. The quantitative estimate of drug-likeness (QED) is 0.413. The molecule has 4 aliphatic carbocycles. The maximum Gasteiger partial charge on any atom is 0.306 e. The second kappa shape index (κ2) is 8.34. The molecule has 0 aromatic heterocycles. The van der Waals surface area contributed by atoms with Crippen LogP contribution in [-0.4, -0.2) is 33.5 Å². The minimum absolute atomic E-state index is 0.00976. The Kier molecular flexibility index (Phi) is 6.30. The van der Waals surface area contributed by atoms with Gasteiger partial charge in [0.05, 0.1) is 18.1 Å². The van der Waals surface area contributed by atoms with Crippen molar-refractivity contribution in [2.24, 2.45) is 39.4 Å².